The van der Waals surface area contributed by atoms with Crippen LogP contribution in [0.25, 0.3) is 0 Å². The molecule has 1 aliphatic heterocycles. The smallest absolute Gasteiger partial charge is 0.330 e. The molecule has 3 aromatic rings. The summed E-state index contributed by atoms with van der Waals surface area (Å²) in [6, 6.07) is 19.3. The molecule has 1 fully saturated rings. The van der Waals surface area contributed by atoms with Crippen LogP contribution in [0.4, 0.5) is 0 Å². The summed E-state index contributed by atoms with van der Waals surface area (Å²) < 4.78 is 78.3. The van der Waals surface area contributed by atoms with Gasteiger partial charge in [0, 0.05) is 18.7 Å². The second kappa shape index (κ2) is 13.0. The van der Waals surface area contributed by atoms with Crippen molar-refractivity contribution in [2.24, 2.45) is 0 Å². The predicted octanol–water partition coefficient (Wildman–Crippen LogP) is 1.10. The van der Waals surface area contributed by atoms with Crippen molar-refractivity contribution in [3.63, 3.8) is 0 Å². The van der Waals surface area contributed by atoms with Gasteiger partial charge in [-0.15, -0.1) is 0 Å². The van der Waals surface area contributed by atoms with Gasteiger partial charge in [-0.1, -0.05) is 60.7 Å². The van der Waals surface area contributed by atoms with Crippen LogP contribution < -0.4 is 11.2 Å². The number of nitrogens with zero attached hydrogens (tertiary/aromatic N) is 1. The van der Waals surface area contributed by atoms with E-state index in [0.29, 0.717) is 0 Å². The van der Waals surface area contributed by atoms with Crippen LogP contribution in [-0.4, -0.2) is 70.4 Å². The average Bonchev–Trinajstić information content (AvgIpc) is 3.24. The molecule has 0 saturated carbocycles. The summed E-state index contributed by atoms with van der Waals surface area (Å²) in [6.45, 7) is -1.56. The molecular weight excluding hydrogens is 592 g/mol. The van der Waals surface area contributed by atoms with E-state index < -0.39 is 62.1 Å². The number of H-pyrrole nitrogens is 1. The molecule has 15 heteroatoms. The van der Waals surface area contributed by atoms with Gasteiger partial charge in [-0.2, -0.15) is 16.8 Å². The second-order valence-corrected chi connectivity index (χ2v) is 13.3. The summed E-state index contributed by atoms with van der Waals surface area (Å²) >= 11 is 0. The van der Waals surface area contributed by atoms with E-state index in [1.807, 2.05) is 36.4 Å². The summed E-state index contributed by atoms with van der Waals surface area (Å²) in [4.78, 5) is 27.2. The summed E-state index contributed by atoms with van der Waals surface area (Å²) in [7, 11) is -8.10. The highest BCUT2D eigenvalue weighted by Gasteiger charge is 2.59. The molecule has 0 aliphatic carbocycles. The van der Waals surface area contributed by atoms with Crippen molar-refractivity contribution < 1.29 is 39.4 Å². The molecule has 0 radical (unpaired) electrons. The van der Waals surface area contributed by atoms with E-state index >= 15 is 0 Å². The molecule has 13 nitrogen and oxygen atoms in total. The highest BCUT2D eigenvalue weighted by Crippen LogP contribution is 2.44. The Bertz CT molecular complexity index is 1640. The third-order valence-electron chi connectivity index (χ3n) is 6.52. The van der Waals surface area contributed by atoms with E-state index in [-0.39, 0.29) is 26.2 Å². The van der Waals surface area contributed by atoms with Gasteiger partial charge in [0.25, 0.3) is 25.8 Å². The molecule has 0 unspecified atom stereocenters. The number of rotatable bonds is 14. The molecule has 4 rings (SSSR count). The van der Waals surface area contributed by atoms with Gasteiger partial charge in [-0.25, -0.2) is 4.79 Å². The zero-order chi connectivity index (χ0) is 30.4. The molecule has 42 heavy (non-hydrogen) atoms. The monoisotopic (exact) mass is 624 g/mol. The first-order valence-electron chi connectivity index (χ1n) is 12.8. The lowest BCUT2D eigenvalue weighted by Crippen LogP contribution is -2.53. The fourth-order valence-electron chi connectivity index (χ4n) is 4.59. The lowest BCUT2D eigenvalue weighted by Gasteiger charge is -2.36. The van der Waals surface area contributed by atoms with E-state index in [9.17, 15) is 26.4 Å². The number of nitrogens with one attached hydrogen (secondary N) is 1. The van der Waals surface area contributed by atoms with Crippen LogP contribution >= 0.6 is 0 Å². The van der Waals surface area contributed by atoms with Gasteiger partial charge in [0.1, 0.15) is 18.8 Å². The highest BCUT2D eigenvalue weighted by molar-refractivity contribution is 7.86. The van der Waals surface area contributed by atoms with Gasteiger partial charge < -0.3 is 14.2 Å². The molecule has 2 heterocycles. The molecule has 1 N–H and O–H groups in total. The van der Waals surface area contributed by atoms with Gasteiger partial charge in [-0.05, 0) is 11.1 Å². The Labute approximate surface area is 243 Å². The summed E-state index contributed by atoms with van der Waals surface area (Å²) in [6.07, 6.45) is 1.65. The fourth-order valence-corrected chi connectivity index (χ4v) is 5.42. The van der Waals surface area contributed by atoms with Crippen molar-refractivity contribution in [3.05, 3.63) is 105 Å². The Morgan fingerprint density at radius 3 is 1.90 bits per heavy atom. The Morgan fingerprint density at radius 2 is 1.38 bits per heavy atom. The lowest BCUT2D eigenvalue weighted by molar-refractivity contribution is -0.212. The Balaban J connectivity index is 1.78. The predicted molar refractivity (Wildman–Crippen MR) is 150 cm³/mol. The zero-order valence-electron chi connectivity index (χ0n) is 23.0. The van der Waals surface area contributed by atoms with E-state index in [4.69, 9.17) is 22.6 Å². The van der Waals surface area contributed by atoms with Crippen molar-refractivity contribution >= 4 is 20.2 Å². The Kier molecular flexibility index (Phi) is 9.82. The fraction of sp³-hybridized carbons (Fsp3) is 0.407. The Morgan fingerprint density at radius 1 is 0.833 bits per heavy atom. The minimum atomic E-state index is -4.05. The van der Waals surface area contributed by atoms with Crippen molar-refractivity contribution in [2.45, 2.75) is 37.1 Å². The molecule has 2 atom stereocenters. The van der Waals surface area contributed by atoms with Gasteiger partial charge in [0.15, 0.2) is 5.72 Å². The number of benzene rings is 2. The Hall–Kier alpha value is -3.18. The van der Waals surface area contributed by atoms with Gasteiger partial charge in [-0.3, -0.25) is 22.7 Å². The standard InChI is InChI=1S/C27H32N2O11S2/c1-41(32,33)38-18-26(19-39-42(2,34)35)23(37-17-22-11-7-4-8-12-22)15-27(40-26,29-14-13-24(30)28-25(29)31)20-36-16-21-9-5-3-6-10-21/h3-14,23H,15-20H2,1-2H3,(H,28,30,31)/t23-,27-/m0/s1. The van der Waals surface area contributed by atoms with Crippen LogP contribution in [0.5, 0.6) is 0 Å². The normalized spacial score (nSPS) is 20.5. The third kappa shape index (κ3) is 8.44. The molecule has 0 amide bonds. The zero-order valence-corrected chi connectivity index (χ0v) is 24.6. The van der Waals surface area contributed by atoms with E-state index in [2.05, 4.69) is 4.98 Å². The SMILES string of the molecule is CS(=O)(=O)OCC1(COS(C)(=O)=O)O[C@@](COCc2ccccc2)(n2ccc(=O)[nH]c2=O)C[C@@H]1OCc1ccccc1. The first-order valence-corrected chi connectivity index (χ1v) is 16.4. The van der Waals surface area contributed by atoms with Crippen molar-refractivity contribution in [1.82, 2.24) is 9.55 Å². The van der Waals surface area contributed by atoms with Gasteiger partial charge >= 0.3 is 5.69 Å². The molecule has 0 bridgehead atoms. The molecular formula is C27H32N2O11S2. The number of ether oxygens (including phenoxy) is 3. The quantitative estimate of drug-likeness (QED) is 0.255. The van der Waals surface area contributed by atoms with E-state index in [0.717, 1.165) is 34.3 Å². The number of hydrogen-bond donors (Lipinski definition) is 1. The van der Waals surface area contributed by atoms with Crippen LogP contribution in [0.1, 0.15) is 17.5 Å². The minimum absolute atomic E-state index is 0.0237. The van der Waals surface area contributed by atoms with Crippen molar-refractivity contribution in [1.29, 1.82) is 0 Å². The molecule has 2 aromatic carbocycles. The summed E-state index contributed by atoms with van der Waals surface area (Å²) in [5.41, 5.74) is -3.48. The van der Waals surface area contributed by atoms with E-state index in [1.165, 1.54) is 6.20 Å². The van der Waals surface area contributed by atoms with Gasteiger partial charge in [0.05, 0.1) is 38.4 Å². The van der Waals surface area contributed by atoms with Crippen LogP contribution in [-0.2, 0) is 61.8 Å². The van der Waals surface area contributed by atoms with Crippen molar-refractivity contribution in [2.75, 3.05) is 32.3 Å². The van der Waals surface area contributed by atoms with Crippen LogP contribution in [0, 0.1) is 0 Å². The molecule has 1 saturated heterocycles. The molecule has 1 aliphatic rings. The van der Waals surface area contributed by atoms with Gasteiger partial charge in [0.2, 0.25) is 0 Å². The third-order valence-corrected chi connectivity index (χ3v) is 7.61. The molecule has 1 aromatic heterocycles. The van der Waals surface area contributed by atoms with Crippen LogP contribution in [0.15, 0.2) is 82.5 Å². The van der Waals surface area contributed by atoms with Crippen LogP contribution in [0.2, 0.25) is 0 Å². The summed E-state index contributed by atoms with van der Waals surface area (Å²) in [5, 5.41) is 0. The summed E-state index contributed by atoms with van der Waals surface area (Å²) in [5.74, 6) is 0. The lowest BCUT2D eigenvalue weighted by atomic mass is 9.96. The van der Waals surface area contributed by atoms with Crippen LogP contribution in [0.3, 0.4) is 0 Å². The number of aromatic nitrogens is 2. The minimum Gasteiger partial charge on any atom is -0.372 e. The first-order chi connectivity index (χ1) is 19.8. The first kappa shape index (κ1) is 31.7. The average molecular weight is 625 g/mol. The number of hydrogen-bond acceptors (Lipinski definition) is 11. The largest absolute Gasteiger partial charge is 0.372 e. The number of aromatic amines is 1. The molecule has 228 valence electrons. The second-order valence-electron chi connectivity index (χ2n) is 9.99. The van der Waals surface area contributed by atoms with Crippen molar-refractivity contribution in [3.8, 4) is 0 Å². The van der Waals surface area contributed by atoms with E-state index in [1.54, 1.807) is 24.3 Å². The maximum Gasteiger partial charge on any atom is 0.330 e. The maximum absolute atomic E-state index is 13.1. The topological polar surface area (TPSA) is 169 Å². The maximum atomic E-state index is 13.1. The molecule has 0 spiro atoms. The highest BCUT2D eigenvalue weighted by atomic mass is 32.2.